The number of aromatic nitrogens is 1. The van der Waals surface area contributed by atoms with Crippen LogP contribution in [0.25, 0.3) is 11.3 Å². The van der Waals surface area contributed by atoms with Gasteiger partial charge in [0.2, 0.25) is 0 Å². The van der Waals surface area contributed by atoms with Gasteiger partial charge in [-0.25, -0.2) is 0 Å². The number of ketones is 1. The number of aryl methyl sites for hydroxylation is 4. The predicted molar refractivity (Wildman–Crippen MR) is 122 cm³/mol. The molecule has 2 aliphatic rings. The minimum atomic E-state index is -0.724. The molecule has 2 aliphatic carbocycles. The van der Waals surface area contributed by atoms with Gasteiger partial charge in [0, 0.05) is 30.0 Å². The Morgan fingerprint density at radius 1 is 1.03 bits per heavy atom. The highest BCUT2D eigenvalue weighted by molar-refractivity contribution is 5.81. The van der Waals surface area contributed by atoms with Crippen LogP contribution in [0.5, 0.6) is 0 Å². The van der Waals surface area contributed by atoms with E-state index in [4.69, 9.17) is 10.1 Å². The van der Waals surface area contributed by atoms with Crippen molar-refractivity contribution in [3.63, 3.8) is 0 Å². The van der Waals surface area contributed by atoms with Crippen molar-refractivity contribution in [3.05, 3.63) is 52.7 Å². The third kappa shape index (κ3) is 5.41. The summed E-state index contributed by atoms with van der Waals surface area (Å²) in [5.74, 6) is -0.0382. The first kappa shape index (κ1) is 21.7. The van der Waals surface area contributed by atoms with Gasteiger partial charge in [0.1, 0.15) is 5.78 Å². The molecule has 164 valence electrons. The second kappa shape index (κ2) is 9.76. The van der Waals surface area contributed by atoms with Crippen molar-refractivity contribution in [1.82, 2.24) is 4.98 Å². The summed E-state index contributed by atoms with van der Waals surface area (Å²) in [4.78, 5) is 28.6. The molecule has 0 saturated heterocycles. The topological polar surface area (TPSA) is 67.3 Å². The van der Waals surface area contributed by atoms with E-state index in [0.29, 0.717) is 12.2 Å². The lowest BCUT2D eigenvalue weighted by Gasteiger charge is -2.26. The molecule has 1 fully saturated rings. The molecular weight excluding hydrogens is 386 g/mol. The minimum absolute atomic E-state index is 0.109. The highest BCUT2D eigenvalue weighted by Crippen LogP contribution is 2.32. The summed E-state index contributed by atoms with van der Waals surface area (Å²) < 4.78 is 0. The molecule has 1 aromatic carbocycles. The molecule has 1 N–H and O–H groups in total. The number of carbonyl (C=O) groups is 2. The second-order valence-corrected chi connectivity index (χ2v) is 9.44. The molecule has 0 radical (unpaired) electrons. The van der Waals surface area contributed by atoms with Gasteiger partial charge < -0.3 is 5.11 Å². The van der Waals surface area contributed by atoms with E-state index in [1.54, 1.807) is 0 Å². The molecule has 0 bridgehead atoms. The maximum absolute atomic E-state index is 12.8. The Morgan fingerprint density at radius 3 is 2.58 bits per heavy atom. The van der Waals surface area contributed by atoms with Gasteiger partial charge in [-0.1, -0.05) is 18.2 Å². The fourth-order valence-electron chi connectivity index (χ4n) is 5.24. The van der Waals surface area contributed by atoms with Crippen LogP contribution in [-0.4, -0.2) is 21.8 Å². The van der Waals surface area contributed by atoms with Crippen molar-refractivity contribution in [1.29, 1.82) is 0 Å². The predicted octanol–water partition coefficient (Wildman–Crippen LogP) is 5.72. The number of nitrogens with zero attached hydrogens (tertiary/aromatic N) is 1. The maximum Gasteiger partial charge on any atom is 0.303 e. The van der Waals surface area contributed by atoms with E-state index in [-0.39, 0.29) is 18.3 Å². The number of fused-ring (bicyclic) bond motifs is 1. The van der Waals surface area contributed by atoms with Crippen molar-refractivity contribution in [2.45, 2.75) is 77.6 Å². The average Bonchev–Trinajstić information content (AvgIpc) is 2.78. The molecule has 0 spiro atoms. The molecule has 0 atom stereocenters. The summed E-state index contributed by atoms with van der Waals surface area (Å²) in [5.41, 5.74) is 7.27. The van der Waals surface area contributed by atoms with E-state index < -0.39 is 5.97 Å². The molecule has 1 heterocycles. The SMILES string of the molecule is Cc1ccc(CCC(=O)C2CCC(CC(=O)O)CC2)cc1-c1ccc2c(n1)CCCC2. The van der Waals surface area contributed by atoms with Crippen molar-refractivity contribution in [2.24, 2.45) is 11.8 Å². The van der Waals surface area contributed by atoms with Crippen LogP contribution in [0.15, 0.2) is 30.3 Å². The Morgan fingerprint density at radius 2 is 1.81 bits per heavy atom. The second-order valence-electron chi connectivity index (χ2n) is 9.44. The lowest BCUT2D eigenvalue weighted by Crippen LogP contribution is -2.23. The zero-order chi connectivity index (χ0) is 21.8. The highest BCUT2D eigenvalue weighted by Gasteiger charge is 2.27. The standard InChI is InChI=1S/C27H33NO3/c1-18-6-7-19(10-15-26(29)22-11-8-20(9-12-22)17-27(30)31)16-23(18)25-14-13-21-4-2-3-5-24(21)28-25/h6-7,13-14,16,20,22H,2-5,8-12,15,17H2,1H3,(H,30,31). The summed E-state index contributed by atoms with van der Waals surface area (Å²) >= 11 is 0. The molecule has 0 unspecified atom stereocenters. The lowest BCUT2D eigenvalue weighted by molar-refractivity contribution is -0.138. The van der Waals surface area contributed by atoms with E-state index in [2.05, 4.69) is 37.3 Å². The van der Waals surface area contributed by atoms with Crippen molar-refractivity contribution < 1.29 is 14.7 Å². The molecular formula is C27H33NO3. The van der Waals surface area contributed by atoms with Gasteiger partial charge in [0.25, 0.3) is 0 Å². The van der Waals surface area contributed by atoms with E-state index in [1.807, 2.05) is 0 Å². The van der Waals surface area contributed by atoms with Gasteiger partial charge in [-0.3, -0.25) is 14.6 Å². The molecule has 4 rings (SSSR count). The Balaban J connectivity index is 1.38. The lowest BCUT2D eigenvalue weighted by atomic mass is 9.78. The Bertz CT molecular complexity index is 957. The number of pyridine rings is 1. The van der Waals surface area contributed by atoms with Gasteiger partial charge in [0.05, 0.1) is 5.69 Å². The summed E-state index contributed by atoms with van der Waals surface area (Å²) in [5, 5.41) is 8.96. The third-order valence-corrected chi connectivity index (χ3v) is 7.18. The largest absolute Gasteiger partial charge is 0.481 e. The van der Waals surface area contributed by atoms with Crippen molar-refractivity contribution >= 4 is 11.8 Å². The minimum Gasteiger partial charge on any atom is -0.481 e. The summed E-state index contributed by atoms with van der Waals surface area (Å²) in [6.07, 6.45) is 9.67. The van der Waals surface area contributed by atoms with E-state index in [0.717, 1.165) is 50.6 Å². The number of benzene rings is 1. The molecule has 0 amide bonds. The summed E-state index contributed by atoms with van der Waals surface area (Å²) in [6.45, 7) is 2.13. The number of hydrogen-bond acceptors (Lipinski definition) is 3. The van der Waals surface area contributed by atoms with Crippen LogP contribution >= 0.6 is 0 Å². The molecule has 31 heavy (non-hydrogen) atoms. The van der Waals surface area contributed by atoms with Gasteiger partial charge in [0.15, 0.2) is 0 Å². The van der Waals surface area contributed by atoms with Crippen LogP contribution < -0.4 is 0 Å². The molecule has 4 nitrogen and oxygen atoms in total. The monoisotopic (exact) mass is 419 g/mol. The van der Waals surface area contributed by atoms with Crippen LogP contribution in [0.3, 0.4) is 0 Å². The first-order valence-corrected chi connectivity index (χ1v) is 11.8. The molecule has 0 aliphatic heterocycles. The average molecular weight is 420 g/mol. The first-order valence-electron chi connectivity index (χ1n) is 11.8. The van der Waals surface area contributed by atoms with Gasteiger partial charge >= 0.3 is 5.97 Å². The smallest absolute Gasteiger partial charge is 0.303 e. The Kier molecular flexibility index (Phi) is 6.84. The number of hydrogen-bond donors (Lipinski definition) is 1. The van der Waals surface area contributed by atoms with Crippen LogP contribution in [-0.2, 0) is 28.9 Å². The van der Waals surface area contributed by atoms with Crippen molar-refractivity contribution in [3.8, 4) is 11.3 Å². The number of Topliss-reactive ketones (excluding diaryl/α,β-unsaturated/α-hetero) is 1. The number of carbonyl (C=O) groups excluding carboxylic acids is 1. The van der Waals surface area contributed by atoms with Crippen LogP contribution in [0, 0.1) is 18.8 Å². The van der Waals surface area contributed by atoms with E-state index in [9.17, 15) is 9.59 Å². The first-order chi connectivity index (χ1) is 15.0. The highest BCUT2D eigenvalue weighted by atomic mass is 16.4. The molecule has 4 heteroatoms. The summed E-state index contributed by atoms with van der Waals surface area (Å²) in [6, 6.07) is 10.9. The normalized spacial score (nSPS) is 20.8. The van der Waals surface area contributed by atoms with Gasteiger partial charge in [-0.15, -0.1) is 0 Å². The number of carboxylic acids is 1. The van der Waals surface area contributed by atoms with Crippen LogP contribution in [0.1, 0.15) is 73.8 Å². The zero-order valence-electron chi connectivity index (χ0n) is 18.5. The van der Waals surface area contributed by atoms with E-state index >= 15 is 0 Å². The Labute approximate surface area is 185 Å². The number of aliphatic carboxylic acids is 1. The molecule has 1 aromatic heterocycles. The van der Waals surface area contributed by atoms with Crippen LogP contribution in [0.4, 0.5) is 0 Å². The number of carboxylic acid groups (broad SMARTS) is 1. The Hall–Kier alpha value is -2.49. The van der Waals surface area contributed by atoms with E-state index in [1.165, 1.54) is 40.8 Å². The zero-order valence-corrected chi connectivity index (χ0v) is 18.5. The molecule has 1 saturated carbocycles. The third-order valence-electron chi connectivity index (χ3n) is 7.18. The van der Waals surface area contributed by atoms with Gasteiger partial charge in [-0.05, 0) is 99.5 Å². The quantitative estimate of drug-likeness (QED) is 0.623. The fourth-order valence-corrected chi connectivity index (χ4v) is 5.24. The fraction of sp³-hybridized carbons (Fsp3) is 0.519. The molecule has 2 aromatic rings. The van der Waals surface area contributed by atoms with Crippen LogP contribution in [0.2, 0.25) is 0 Å². The summed E-state index contributed by atoms with van der Waals surface area (Å²) in [7, 11) is 0. The van der Waals surface area contributed by atoms with Crippen molar-refractivity contribution in [2.75, 3.05) is 0 Å². The maximum atomic E-state index is 12.8. The van der Waals surface area contributed by atoms with Gasteiger partial charge in [-0.2, -0.15) is 0 Å². The number of rotatable bonds is 7.